The highest BCUT2D eigenvalue weighted by molar-refractivity contribution is 7.80. The van der Waals surface area contributed by atoms with Crippen LogP contribution in [0.5, 0.6) is 17.2 Å². The molecule has 0 aliphatic rings. The summed E-state index contributed by atoms with van der Waals surface area (Å²) >= 11 is 4.32. The number of hydrogen-bond donors (Lipinski definition) is 3. The van der Waals surface area contributed by atoms with E-state index >= 15 is 0 Å². The van der Waals surface area contributed by atoms with E-state index in [1.54, 1.807) is 48.5 Å². The highest BCUT2D eigenvalue weighted by Crippen LogP contribution is 2.27. The highest BCUT2D eigenvalue weighted by atomic mass is 32.1. The van der Waals surface area contributed by atoms with Crippen molar-refractivity contribution in [1.82, 2.24) is 0 Å². The predicted octanol–water partition coefficient (Wildman–Crippen LogP) is 3.11. The van der Waals surface area contributed by atoms with Crippen LogP contribution in [0, 0.1) is 0 Å². The minimum absolute atomic E-state index is 0.192. The van der Waals surface area contributed by atoms with Crippen LogP contribution in [0.15, 0.2) is 48.5 Å². The van der Waals surface area contributed by atoms with Gasteiger partial charge in [-0.3, -0.25) is 0 Å². The Bertz CT molecular complexity index is 479. The number of aromatic hydroxyl groups is 2. The summed E-state index contributed by atoms with van der Waals surface area (Å²) in [6.45, 7) is 0. The van der Waals surface area contributed by atoms with Gasteiger partial charge in [-0.1, -0.05) is 12.1 Å². The first kappa shape index (κ1) is 11.7. The maximum atomic E-state index is 9.17. The number of benzene rings is 2. The molecule has 0 aromatic heterocycles. The molecule has 0 saturated carbocycles. The maximum Gasteiger partial charge on any atom is 0.167 e. The summed E-state index contributed by atoms with van der Waals surface area (Å²) in [6, 6.07) is 13.1. The molecule has 1 unspecified atom stereocenters. The van der Waals surface area contributed by atoms with Gasteiger partial charge in [0, 0.05) is 5.56 Å². The molecule has 0 spiro atoms. The van der Waals surface area contributed by atoms with Crippen molar-refractivity contribution >= 4 is 12.6 Å². The lowest BCUT2D eigenvalue weighted by atomic mass is 10.2. The zero-order chi connectivity index (χ0) is 12.3. The summed E-state index contributed by atoms with van der Waals surface area (Å²) in [5, 5.41) is 18.3. The molecule has 2 aromatic carbocycles. The predicted molar refractivity (Wildman–Crippen MR) is 68.6 cm³/mol. The van der Waals surface area contributed by atoms with Crippen molar-refractivity contribution in [3.05, 3.63) is 54.1 Å². The van der Waals surface area contributed by atoms with E-state index in [-0.39, 0.29) is 11.5 Å². The van der Waals surface area contributed by atoms with E-state index in [0.717, 1.165) is 5.56 Å². The number of phenolic OH excluding ortho intramolecular Hbond substituents is 2. The Kier molecular flexibility index (Phi) is 3.44. The lowest BCUT2D eigenvalue weighted by Crippen LogP contribution is -1.99. The third-order valence-corrected chi connectivity index (χ3v) is 2.67. The first-order valence-corrected chi connectivity index (χ1v) is 5.59. The Balaban J connectivity index is 2.08. The molecule has 0 aliphatic heterocycles. The molecule has 2 N–H and O–H groups in total. The van der Waals surface area contributed by atoms with Gasteiger partial charge in [-0.2, -0.15) is 0 Å². The van der Waals surface area contributed by atoms with Crippen LogP contribution >= 0.6 is 12.6 Å². The van der Waals surface area contributed by atoms with Gasteiger partial charge in [0.1, 0.15) is 17.2 Å². The SMILES string of the molecule is Oc1ccc(OC(S)c2ccc(O)cc2)cc1. The van der Waals surface area contributed by atoms with E-state index in [1.165, 1.54) is 0 Å². The molecule has 4 heteroatoms. The second-order valence-corrected chi connectivity index (χ2v) is 4.02. The van der Waals surface area contributed by atoms with E-state index < -0.39 is 5.44 Å². The van der Waals surface area contributed by atoms with Crippen molar-refractivity contribution in [2.24, 2.45) is 0 Å². The van der Waals surface area contributed by atoms with Gasteiger partial charge in [0.25, 0.3) is 0 Å². The van der Waals surface area contributed by atoms with E-state index in [9.17, 15) is 0 Å². The second-order valence-electron chi connectivity index (χ2n) is 3.56. The van der Waals surface area contributed by atoms with Gasteiger partial charge in [-0.05, 0) is 36.4 Å². The van der Waals surface area contributed by atoms with E-state index in [4.69, 9.17) is 14.9 Å². The lowest BCUT2D eigenvalue weighted by Gasteiger charge is -2.14. The van der Waals surface area contributed by atoms with Crippen LogP contribution in [0.3, 0.4) is 0 Å². The van der Waals surface area contributed by atoms with E-state index in [1.807, 2.05) is 0 Å². The third-order valence-electron chi connectivity index (χ3n) is 2.26. The quantitative estimate of drug-likeness (QED) is 0.578. The van der Waals surface area contributed by atoms with Gasteiger partial charge < -0.3 is 14.9 Å². The molecule has 0 heterocycles. The van der Waals surface area contributed by atoms with Crippen LogP contribution in [0.2, 0.25) is 0 Å². The van der Waals surface area contributed by atoms with Gasteiger partial charge in [0.05, 0.1) is 0 Å². The molecule has 0 radical (unpaired) electrons. The third kappa shape index (κ3) is 3.07. The number of ether oxygens (including phenoxy) is 1. The molecule has 0 amide bonds. The Morgan fingerprint density at radius 1 is 0.824 bits per heavy atom. The molecule has 0 fully saturated rings. The van der Waals surface area contributed by atoms with Crippen molar-refractivity contribution in [3.8, 4) is 17.2 Å². The molecule has 3 nitrogen and oxygen atoms in total. The van der Waals surface area contributed by atoms with Crippen LogP contribution in [0.1, 0.15) is 11.0 Å². The van der Waals surface area contributed by atoms with Crippen LogP contribution in [0.25, 0.3) is 0 Å². The van der Waals surface area contributed by atoms with Crippen LogP contribution in [0.4, 0.5) is 0 Å². The molecule has 2 aromatic rings. The van der Waals surface area contributed by atoms with Crippen LogP contribution in [-0.2, 0) is 0 Å². The Labute approximate surface area is 105 Å². The minimum Gasteiger partial charge on any atom is -0.508 e. The van der Waals surface area contributed by atoms with Crippen molar-refractivity contribution in [2.45, 2.75) is 5.44 Å². The maximum absolute atomic E-state index is 9.17. The lowest BCUT2D eigenvalue weighted by molar-refractivity contribution is 0.296. The normalized spacial score (nSPS) is 12.1. The fourth-order valence-electron chi connectivity index (χ4n) is 1.36. The van der Waals surface area contributed by atoms with Crippen LogP contribution < -0.4 is 4.74 Å². The van der Waals surface area contributed by atoms with Crippen molar-refractivity contribution in [2.75, 3.05) is 0 Å². The van der Waals surface area contributed by atoms with Gasteiger partial charge in [-0.25, -0.2) is 0 Å². The topological polar surface area (TPSA) is 49.7 Å². The van der Waals surface area contributed by atoms with Gasteiger partial charge in [0.2, 0.25) is 0 Å². The van der Waals surface area contributed by atoms with Crippen molar-refractivity contribution < 1.29 is 14.9 Å². The average molecular weight is 248 g/mol. The Morgan fingerprint density at radius 2 is 1.29 bits per heavy atom. The highest BCUT2D eigenvalue weighted by Gasteiger charge is 2.07. The van der Waals surface area contributed by atoms with Crippen molar-refractivity contribution in [3.63, 3.8) is 0 Å². The second kappa shape index (κ2) is 5.01. The van der Waals surface area contributed by atoms with Gasteiger partial charge in [0.15, 0.2) is 5.44 Å². The number of phenols is 2. The minimum atomic E-state index is -0.417. The molecule has 0 aliphatic carbocycles. The molecular formula is C13H12O3S. The largest absolute Gasteiger partial charge is 0.508 e. The van der Waals surface area contributed by atoms with E-state index in [2.05, 4.69) is 12.6 Å². The van der Waals surface area contributed by atoms with Crippen molar-refractivity contribution in [1.29, 1.82) is 0 Å². The molecule has 1 atom stereocenters. The fourth-order valence-corrected chi connectivity index (χ4v) is 1.65. The number of thiol groups is 1. The van der Waals surface area contributed by atoms with Gasteiger partial charge >= 0.3 is 0 Å². The summed E-state index contributed by atoms with van der Waals surface area (Å²) in [6.07, 6.45) is 0. The average Bonchev–Trinajstić information content (AvgIpc) is 2.33. The molecule has 0 bridgehead atoms. The standard InChI is InChI=1S/C13H12O3S/c14-10-3-1-9(2-4-10)13(17)16-12-7-5-11(15)6-8-12/h1-8,13-15,17H. The smallest absolute Gasteiger partial charge is 0.167 e. The Hall–Kier alpha value is -1.81. The molecule has 88 valence electrons. The van der Waals surface area contributed by atoms with Crippen LogP contribution in [-0.4, -0.2) is 10.2 Å². The molecule has 17 heavy (non-hydrogen) atoms. The summed E-state index contributed by atoms with van der Waals surface area (Å²) < 4.78 is 5.57. The van der Waals surface area contributed by atoms with E-state index in [0.29, 0.717) is 5.75 Å². The number of rotatable bonds is 3. The number of hydrogen-bond acceptors (Lipinski definition) is 4. The monoisotopic (exact) mass is 248 g/mol. The van der Waals surface area contributed by atoms with Gasteiger partial charge in [-0.15, -0.1) is 12.6 Å². The zero-order valence-corrected chi connectivity index (χ0v) is 9.84. The first-order valence-electron chi connectivity index (χ1n) is 5.08. The molecule has 0 saturated heterocycles. The Morgan fingerprint density at radius 3 is 1.82 bits per heavy atom. The summed E-state index contributed by atoms with van der Waals surface area (Å²) in [5.41, 5.74) is 0.430. The molecular weight excluding hydrogens is 236 g/mol. The summed E-state index contributed by atoms with van der Waals surface area (Å²) in [7, 11) is 0. The summed E-state index contributed by atoms with van der Waals surface area (Å²) in [4.78, 5) is 0. The fraction of sp³-hybridized carbons (Fsp3) is 0.0769. The first-order chi connectivity index (χ1) is 8.15. The molecule has 2 rings (SSSR count). The summed E-state index contributed by atoms with van der Waals surface area (Å²) in [5.74, 6) is 1.02. The zero-order valence-electron chi connectivity index (χ0n) is 8.95.